The van der Waals surface area contributed by atoms with E-state index in [2.05, 4.69) is 54.0 Å². The van der Waals surface area contributed by atoms with Crippen molar-refractivity contribution < 1.29 is 0 Å². The van der Waals surface area contributed by atoms with E-state index < -0.39 is 0 Å². The van der Waals surface area contributed by atoms with Crippen LogP contribution in [0.4, 0.5) is 5.82 Å². The van der Waals surface area contributed by atoms with Crippen molar-refractivity contribution in [3.05, 3.63) is 17.3 Å². The fourth-order valence-electron chi connectivity index (χ4n) is 2.52. The third kappa shape index (κ3) is 2.77. The standard InChI is InChI=1S/C14H24N4S/c1-5-11(6-2)17(4)13-12(10-15-7-3)18-8-9-19-14(18)16-13/h8-9,11,15H,5-7,10H2,1-4H3. The maximum absolute atomic E-state index is 4.81. The Labute approximate surface area is 119 Å². The number of rotatable bonds is 7. The fraction of sp³-hybridized carbons (Fsp3) is 0.643. The van der Waals surface area contributed by atoms with Crippen LogP contribution in [0, 0.1) is 0 Å². The maximum Gasteiger partial charge on any atom is 0.195 e. The number of thiazole rings is 1. The molecule has 0 bridgehead atoms. The first-order valence-corrected chi connectivity index (χ1v) is 7.98. The second kappa shape index (κ2) is 6.39. The minimum atomic E-state index is 0.560. The second-order valence-corrected chi connectivity index (χ2v) is 5.67. The van der Waals surface area contributed by atoms with Crippen LogP contribution in [0.3, 0.4) is 0 Å². The Morgan fingerprint density at radius 3 is 2.74 bits per heavy atom. The molecule has 0 fully saturated rings. The van der Waals surface area contributed by atoms with Crippen LogP contribution in [-0.4, -0.2) is 29.0 Å². The number of aromatic nitrogens is 2. The van der Waals surface area contributed by atoms with E-state index in [9.17, 15) is 0 Å². The molecule has 0 saturated carbocycles. The van der Waals surface area contributed by atoms with Gasteiger partial charge in [-0.1, -0.05) is 20.8 Å². The molecule has 0 aromatic carbocycles. The summed E-state index contributed by atoms with van der Waals surface area (Å²) in [6.07, 6.45) is 4.42. The van der Waals surface area contributed by atoms with Gasteiger partial charge in [0.05, 0.1) is 5.69 Å². The zero-order valence-electron chi connectivity index (χ0n) is 12.3. The quantitative estimate of drug-likeness (QED) is 0.846. The predicted octanol–water partition coefficient (Wildman–Crippen LogP) is 3.13. The highest BCUT2D eigenvalue weighted by atomic mass is 32.1. The number of hydrogen-bond donors (Lipinski definition) is 1. The van der Waals surface area contributed by atoms with Crippen LogP contribution in [0.1, 0.15) is 39.3 Å². The highest BCUT2D eigenvalue weighted by molar-refractivity contribution is 7.15. The van der Waals surface area contributed by atoms with Gasteiger partial charge in [-0.2, -0.15) is 0 Å². The minimum absolute atomic E-state index is 0.560. The molecule has 0 aliphatic rings. The van der Waals surface area contributed by atoms with Crippen LogP contribution in [0.25, 0.3) is 4.96 Å². The molecule has 0 spiro atoms. The Morgan fingerprint density at radius 2 is 2.11 bits per heavy atom. The summed E-state index contributed by atoms with van der Waals surface area (Å²) in [6.45, 7) is 8.47. The van der Waals surface area contributed by atoms with Gasteiger partial charge in [0.25, 0.3) is 0 Å². The summed E-state index contributed by atoms with van der Waals surface area (Å²) in [6, 6.07) is 0.560. The first-order chi connectivity index (χ1) is 9.22. The molecule has 2 aromatic rings. The van der Waals surface area contributed by atoms with Gasteiger partial charge in [0.2, 0.25) is 0 Å². The van der Waals surface area contributed by atoms with Crippen molar-refractivity contribution in [3.63, 3.8) is 0 Å². The molecule has 0 atom stereocenters. The van der Waals surface area contributed by atoms with E-state index in [1.807, 2.05) is 0 Å². The molecule has 5 heteroatoms. The number of hydrogen-bond acceptors (Lipinski definition) is 4. The number of nitrogens with one attached hydrogen (secondary N) is 1. The topological polar surface area (TPSA) is 32.6 Å². The lowest BCUT2D eigenvalue weighted by Crippen LogP contribution is -2.32. The second-order valence-electron chi connectivity index (χ2n) is 4.80. The normalized spacial score (nSPS) is 11.6. The van der Waals surface area contributed by atoms with Crippen LogP contribution in [-0.2, 0) is 6.54 Å². The van der Waals surface area contributed by atoms with E-state index in [4.69, 9.17) is 4.98 Å². The lowest BCUT2D eigenvalue weighted by molar-refractivity contribution is 0.583. The monoisotopic (exact) mass is 280 g/mol. The van der Waals surface area contributed by atoms with E-state index in [1.165, 1.54) is 5.69 Å². The van der Waals surface area contributed by atoms with Crippen LogP contribution < -0.4 is 10.2 Å². The predicted molar refractivity (Wildman–Crippen MR) is 83.2 cm³/mol. The molecular weight excluding hydrogens is 256 g/mol. The first-order valence-electron chi connectivity index (χ1n) is 7.10. The zero-order valence-corrected chi connectivity index (χ0v) is 13.1. The molecule has 0 aliphatic carbocycles. The molecule has 0 saturated heterocycles. The summed E-state index contributed by atoms with van der Waals surface area (Å²) in [5.74, 6) is 1.13. The van der Waals surface area contributed by atoms with Crippen molar-refractivity contribution in [2.24, 2.45) is 0 Å². The Hall–Kier alpha value is -1.07. The highest BCUT2D eigenvalue weighted by Gasteiger charge is 2.20. The summed E-state index contributed by atoms with van der Waals surface area (Å²) in [7, 11) is 2.17. The SMILES string of the molecule is CCNCc1c(N(C)C(CC)CC)nc2sccn12. The molecule has 4 nitrogen and oxygen atoms in total. The number of anilines is 1. The molecule has 106 valence electrons. The van der Waals surface area contributed by atoms with Gasteiger partial charge in [-0.3, -0.25) is 4.40 Å². The van der Waals surface area contributed by atoms with E-state index in [-0.39, 0.29) is 0 Å². The van der Waals surface area contributed by atoms with Crippen molar-refractivity contribution >= 4 is 22.1 Å². The summed E-state index contributed by atoms with van der Waals surface area (Å²) < 4.78 is 2.21. The number of nitrogens with zero attached hydrogens (tertiary/aromatic N) is 3. The number of imidazole rings is 1. The van der Waals surface area contributed by atoms with Crippen molar-refractivity contribution in [2.45, 2.75) is 46.2 Å². The molecule has 2 heterocycles. The zero-order chi connectivity index (χ0) is 13.8. The van der Waals surface area contributed by atoms with Gasteiger partial charge < -0.3 is 10.2 Å². The smallest absolute Gasteiger partial charge is 0.195 e. The largest absolute Gasteiger partial charge is 0.355 e. The van der Waals surface area contributed by atoms with Gasteiger partial charge in [-0.25, -0.2) is 4.98 Å². The van der Waals surface area contributed by atoms with E-state index in [0.717, 1.165) is 36.7 Å². The minimum Gasteiger partial charge on any atom is -0.355 e. The average molecular weight is 280 g/mol. The maximum atomic E-state index is 4.81. The molecule has 0 amide bonds. The van der Waals surface area contributed by atoms with Crippen LogP contribution >= 0.6 is 11.3 Å². The molecule has 2 aromatic heterocycles. The molecule has 0 unspecified atom stereocenters. The van der Waals surface area contributed by atoms with Crippen LogP contribution in [0.15, 0.2) is 11.6 Å². The lowest BCUT2D eigenvalue weighted by Gasteiger charge is -2.27. The summed E-state index contributed by atoms with van der Waals surface area (Å²) in [5.41, 5.74) is 1.27. The average Bonchev–Trinajstić information content (AvgIpc) is 2.98. The Morgan fingerprint density at radius 1 is 1.37 bits per heavy atom. The van der Waals surface area contributed by atoms with E-state index >= 15 is 0 Å². The van der Waals surface area contributed by atoms with Crippen molar-refractivity contribution in [2.75, 3.05) is 18.5 Å². The first kappa shape index (κ1) is 14.3. The Kier molecular flexibility index (Phi) is 4.82. The van der Waals surface area contributed by atoms with E-state index in [1.54, 1.807) is 11.3 Å². The highest BCUT2D eigenvalue weighted by Crippen LogP contribution is 2.26. The molecule has 0 radical (unpaired) electrons. The third-order valence-electron chi connectivity index (χ3n) is 3.71. The summed E-state index contributed by atoms with van der Waals surface area (Å²) in [5, 5.41) is 5.52. The molecule has 2 rings (SSSR count). The lowest BCUT2D eigenvalue weighted by atomic mass is 10.1. The summed E-state index contributed by atoms with van der Waals surface area (Å²) in [4.78, 5) is 8.23. The van der Waals surface area contributed by atoms with Gasteiger partial charge in [0.15, 0.2) is 10.8 Å². The van der Waals surface area contributed by atoms with Gasteiger partial charge in [-0.05, 0) is 19.4 Å². The van der Waals surface area contributed by atoms with Crippen molar-refractivity contribution in [3.8, 4) is 0 Å². The Balaban J connectivity index is 2.37. The van der Waals surface area contributed by atoms with Crippen molar-refractivity contribution in [1.82, 2.24) is 14.7 Å². The fourth-order valence-corrected chi connectivity index (χ4v) is 3.25. The van der Waals surface area contributed by atoms with Gasteiger partial charge in [0.1, 0.15) is 0 Å². The van der Waals surface area contributed by atoms with E-state index in [0.29, 0.717) is 6.04 Å². The number of fused-ring (bicyclic) bond motifs is 1. The van der Waals surface area contributed by atoms with Gasteiger partial charge >= 0.3 is 0 Å². The molecule has 19 heavy (non-hydrogen) atoms. The van der Waals surface area contributed by atoms with Crippen molar-refractivity contribution in [1.29, 1.82) is 0 Å². The molecule has 0 aliphatic heterocycles. The van der Waals surface area contributed by atoms with Crippen LogP contribution in [0.2, 0.25) is 0 Å². The molecule has 1 N–H and O–H groups in total. The Bertz CT molecular complexity index is 512. The van der Waals surface area contributed by atoms with Crippen LogP contribution in [0.5, 0.6) is 0 Å². The molecular formula is C14H24N4S. The van der Waals surface area contributed by atoms with Gasteiger partial charge in [0, 0.05) is 31.2 Å². The summed E-state index contributed by atoms with van der Waals surface area (Å²) >= 11 is 1.70. The van der Waals surface area contributed by atoms with Gasteiger partial charge in [-0.15, -0.1) is 11.3 Å². The third-order valence-corrected chi connectivity index (χ3v) is 4.46.